The van der Waals surface area contributed by atoms with E-state index in [1.807, 2.05) is 18.2 Å². The van der Waals surface area contributed by atoms with Gasteiger partial charge in [0.1, 0.15) is 5.38 Å². The van der Waals surface area contributed by atoms with E-state index in [1.54, 1.807) is 43.3 Å². The molecular formula is C17H16ClNO3. The van der Waals surface area contributed by atoms with E-state index in [0.717, 1.165) is 0 Å². The van der Waals surface area contributed by atoms with Crippen molar-refractivity contribution in [3.05, 3.63) is 65.7 Å². The van der Waals surface area contributed by atoms with Crippen LogP contribution in [0.15, 0.2) is 54.6 Å². The molecule has 0 heterocycles. The Morgan fingerprint density at radius 2 is 1.73 bits per heavy atom. The number of nitrogens with one attached hydrogen (secondary N) is 1. The second-order valence-corrected chi connectivity index (χ2v) is 4.96. The zero-order valence-electron chi connectivity index (χ0n) is 12.1. The average molecular weight is 318 g/mol. The van der Waals surface area contributed by atoms with Gasteiger partial charge in [-0.1, -0.05) is 42.5 Å². The van der Waals surface area contributed by atoms with Gasteiger partial charge in [-0.2, -0.15) is 0 Å². The van der Waals surface area contributed by atoms with Crippen LogP contribution in [0.25, 0.3) is 0 Å². The molecule has 0 radical (unpaired) electrons. The van der Waals surface area contributed by atoms with Crippen LogP contribution in [-0.2, 0) is 9.53 Å². The van der Waals surface area contributed by atoms with Crippen LogP contribution >= 0.6 is 11.6 Å². The van der Waals surface area contributed by atoms with E-state index >= 15 is 0 Å². The minimum absolute atomic E-state index is 0.267. The van der Waals surface area contributed by atoms with Crippen molar-refractivity contribution in [2.24, 2.45) is 0 Å². The first-order valence-electron chi connectivity index (χ1n) is 6.89. The summed E-state index contributed by atoms with van der Waals surface area (Å²) in [4.78, 5) is 24.1. The van der Waals surface area contributed by atoms with Crippen LogP contribution in [0.2, 0.25) is 0 Å². The molecule has 0 aliphatic carbocycles. The van der Waals surface area contributed by atoms with E-state index in [9.17, 15) is 9.59 Å². The number of hydrogen-bond acceptors (Lipinski definition) is 3. The third kappa shape index (κ3) is 3.86. The van der Waals surface area contributed by atoms with Gasteiger partial charge in [-0.05, 0) is 24.6 Å². The quantitative estimate of drug-likeness (QED) is 0.674. The number of para-hydroxylation sites is 1. The third-order valence-electron chi connectivity index (χ3n) is 3.00. The highest BCUT2D eigenvalue weighted by Crippen LogP contribution is 2.24. The van der Waals surface area contributed by atoms with Crippen LogP contribution < -0.4 is 5.32 Å². The van der Waals surface area contributed by atoms with Crippen molar-refractivity contribution < 1.29 is 14.3 Å². The maximum Gasteiger partial charge on any atom is 0.340 e. The van der Waals surface area contributed by atoms with Crippen molar-refractivity contribution in [1.29, 1.82) is 0 Å². The van der Waals surface area contributed by atoms with Gasteiger partial charge in [0, 0.05) is 0 Å². The molecule has 4 nitrogen and oxygen atoms in total. The minimum atomic E-state index is -0.837. The predicted octanol–water partition coefficient (Wildman–Crippen LogP) is 3.78. The number of halogens is 1. The summed E-state index contributed by atoms with van der Waals surface area (Å²) in [5.41, 5.74) is 1.37. The summed E-state index contributed by atoms with van der Waals surface area (Å²) in [6, 6.07) is 15.7. The van der Waals surface area contributed by atoms with E-state index in [4.69, 9.17) is 16.3 Å². The molecule has 0 unspecified atom stereocenters. The molecule has 0 saturated carbocycles. The molecule has 0 saturated heterocycles. The van der Waals surface area contributed by atoms with E-state index in [2.05, 4.69) is 5.32 Å². The molecule has 0 aliphatic heterocycles. The van der Waals surface area contributed by atoms with Crippen molar-refractivity contribution in [1.82, 2.24) is 0 Å². The zero-order valence-corrected chi connectivity index (χ0v) is 12.8. The van der Waals surface area contributed by atoms with Crippen LogP contribution in [0.4, 0.5) is 5.69 Å². The van der Waals surface area contributed by atoms with Gasteiger partial charge in [-0.25, -0.2) is 4.79 Å². The van der Waals surface area contributed by atoms with Crippen molar-refractivity contribution in [3.8, 4) is 0 Å². The number of anilines is 1. The highest BCUT2D eigenvalue weighted by Gasteiger charge is 2.20. The highest BCUT2D eigenvalue weighted by atomic mass is 35.5. The first kappa shape index (κ1) is 16.0. The van der Waals surface area contributed by atoms with Crippen LogP contribution in [0.1, 0.15) is 28.2 Å². The Labute approximate surface area is 134 Å². The maximum absolute atomic E-state index is 12.3. The lowest BCUT2D eigenvalue weighted by Crippen LogP contribution is -2.19. The van der Waals surface area contributed by atoms with Gasteiger partial charge < -0.3 is 10.1 Å². The summed E-state index contributed by atoms with van der Waals surface area (Å²) < 4.78 is 4.97. The van der Waals surface area contributed by atoms with E-state index in [1.165, 1.54) is 0 Å². The molecule has 1 atom stereocenters. The second kappa shape index (κ2) is 7.61. The summed E-state index contributed by atoms with van der Waals surface area (Å²) in [5.74, 6) is -0.881. The van der Waals surface area contributed by atoms with E-state index in [-0.39, 0.29) is 6.61 Å². The third-order valence-corrected chi connectivity index (χ3v) is 3.45. The van der Waals surface area contributed by atoms with Crippen molar-refractivity contribution in [2.45, 2.75) is 12.3 Å². The lowest BCUT2D eigenvalue weighted by atomic mass is 10.1. The first-order valence-corrected chi connectivity index (χ1v) is 7.33. The summed E-state index contributed by atoms with van der Waals surface area (Å²) in [5, 5.41) is 1.84. The number of ether oxygens (including phenoxy) is 1. The normalized spacial score (nSPS) is 11.5. The Morgan fingerprint density at radius 3 is 2.41 bits per heavy atom. The molecule has 22 heavy (non-hydrogen) atoms. The second-order valence-electron chi connectivity index (χ2n) is 4.53. The summed E-state index contributed by atoms with van der Waals surface area (Å²) in [6.07, 6.45) is 0. The molecule has 5 heteroatoms. The molecule has 1 amide bonds. The number of rotatable bonds is 5. The Kier molecular flexibility index (Phi) is 5.55. The van der Waals surface area contributed by atoms with Crippen LogP contribution in [0.3, 0.4) is 0 Å². The van der Waals surface area contributed by atoms with Crippen molar-refractivity contribution in [3.63, 3.8) is 0 Å². The molecule has 114 valence electrons. The number of benzene rings is 2. The molecule has 0 bridgehead atoms. The van der Waals surface area contributed by atoms with E-state index in [0.29, 0.717) is 16.8 Å². The number of esters is 1. The van der Waals surface area contributed by atoms with Gasteiger partial charge in [-0.15, -0.1) is 11.6 Å². The van der Waals surface area contributed by atoms with Gasteiger partial charge in [0.25, 0.3) is 0 Å². The summed E-state index contributed by atoms with van der Waals surface area (Å²) >= 11 is 6.17. The zero-order chi connectivity index (χ0) is 15.9. The molecule has 1 N–H and O–H groups in total. The molecule has 0 fully saturated rings. The number of carbonyl (C=O) groups is 2. The van der Waals surface area contributed by atoms with Gasteiger partial charge >= 0.3 is 5.97 Å². The van der Waals surface area contributed by atoms with Crippen LogP contribution in [0, 0.1) is 0 Å². The molecule has 2 aromatic carbocycles. The van der Waals surface area contributed by atoms with Gasteiger partial charge in [-0.3, -0.25) is 4.79 Å². The monoisotopic (exact) mass is 317 g/mol. The molecule has 0 spiro atoms. The smallest absolute Gasteiger partial charge is 0.340 e. The number of amides is 1. The predicted molar refractivity (Wildman–Crippen MR) is 86.1 cm³/mol. The van der Waals surface area contributed by atoms with Crippen molar-refractivity contribution >= 4 is 29.2 Å². The average Bonchev–Trinajstić information content (AvgIpc) is 2.55. The summed E-state index contributed by atoms with van der Waals surface area (Å²) in [6.45, 7) is 1.99. The van der Waals surface area contributed by atoms with Crippen LogP contribution in [-0.4, -0.2) is 18.5 Å². The number of alkyl halides is 1. The highest BCUT2D eigenvalue weighted by molar-refractivity contribution is 6.32. The Hall–Kier alpha value is -2.33. The molecule has 2 aromatic rings. The first-order chi connectivity index (χ1) is 10.6. The maximum atomic E-state index is 12.3. The SMILES string of the molecule is CCOC(=O)c1ccccc1NC(=O)[C@@H](Cl)c1ccccc1. The lowest BCUT2D eigenvalue weighted by Gasteiger charge is -2.13. The fourth-order valence-corrected chi connectivity index (χ4v) is 2.15. The Balaban J connectivity index is 2.17. The van der Waals surface area contributed by atoms with Crippen LogP contribution in [0.5, 0.6) is 0 Å². The fourth-order valence-electron chi connectivity index (χ4n) is 1.95. The minimum Gasteiger partial charge on any atom is -0.462 e. The standard InChI is InChI=1S/C17H16ClNO3/c1-2-22-17(21)13-10-6-7-11-14(13)19-16(20)15(18)12-8-4-3-5-9-12/h3-11,15H,2H2,1H3,(H,19,20)/t15-/m0/s1. The molecule has 2 rings (SSSR count). The van der Waals surface area contributed by atoms with Gasteiger partial charge in [0.15, 0.2) is 0 Å². The molecule has 0 aromatic heterocycles. The topological polar surface area (TPSA) is 55.4 Å². The van der Waals surface area contributed by atoms with Crippen molar-refractivity contribution in [2.75, 3.05) is 11.9 Å². The fraction of sp³-hybridized carbons (Fsp3) is 0.176. The Morgan fingerprint density at radius 1 is 1.09 bits per heavy atom. The molecule has 0 aliphatic rings. The number of carbonyl (C=O) groups excluding carboxylic acids is 2. The molecular weight excluding hydrogens is 302 g/mol. The van der Waals surface area contributed by atoms with E-state index < -0.39 is 17.3 Å². The Bertz CT molecular complexity index is 658. The summed E-state index contributed by atoms with van der Waals surface area (Å²) in [7, 11) is 0. The van der Waals surface area contributed by atoms with Gasteiger partial charge in [0.2, 0.25) is 5.91 Å². The lowest BCUT2D eigenvalue weighted by molar-refractivity contribution is -0.116. The van der Waals surface area contributed by atoms with Gasteiger partial charge in [0.05, 0.1) is 17.9 Å². The largest absolute Gasteiger partial charge is 0.462 e. The number of hydrogen-bond donors (Lipinski definition) is 1.